The molecule has 5 nitrogen and oxygen atoms in total. The van der Waals surface area contributed by atoms with Gasteiger partial charge in [0.1, 0.15) is 0 Å². The van der Waals surface area contributed by atoms with Crippen molar-refractivity contribution in [1.29, 1.82) is 0 Å². The van der Waals surface area contributed by atoms with Crippen LogP contribution >= 0.6 is 0 Å². The minimum Gasteiger partial charge on any atom is -0.338 e. The first-order valence-electron chi connectivity index (χ1n) is 9.12. The SMILES string of the molecule is CCCN1C(=O)[C@@H]2CC[C@H]1CN(C(=O)c1ccnc3ccccc13)C2. The molecule has 3 aliphatic rings. The molecule has 3 aliphatic heterocycles. The van der Waals surface area contributed by atoms with E-state index in [4.69, 9.17) is 0 Å². The van der Waals surface area contributed by atoms with Crippen molar-refractivity contribution in [1.82, 2.24) is 14.8 Å². The lowest BCUT2D eigenvalue weighted by atomic mass is 9.94. The summed E-state index contributed by atoms with van der Waals surface area (Å²) in [5.74, 6) is 0.192. The van der Waals surface area contributed by atoms with Crippen molar-refractivity contribution in [3.05, 3.63) is 42.1 Å². The molecule has 5 heteroatoms. The van der Waals surface area contributed by atoms with Crippen LogP contribution < -0.4 is 0 Å². The van der Waals surface area contributed by atoms with Crippen molar-refractivity contribution in [3.8, 4) is 0 Å². The Morgan fingerprint density at radius 3 is 2.88 bits per heavy atom. The summed E-state index contributed by atoms with van der Waals surface area (Å²) in [6.07, 6.45) is 4.54. The van der Waals surface area contributed by atoms with Crippen molar-refractivity contribution in [2.24, 2.45) is 5.92 Å². The van der Waals surface area contributed by atoms with Crippen LogP contribution in [0.2, 0.25) is 0 Å². The molecular formula is C20H23N3O2. The molecule has 0 spiro atoms. The largest absolute Gasteiger partial charge is 0.338 e. The molecule has 2 bridgehead atoms. The van der Waals surface area contributed by atoms with Crippen LogP contribution in [-0.2, 0) is 4.79 Å². The third kappa shape index (κ3) is 2.77. The number of aromatic nitrogens is 1. The second-order valence-corrected chi connectivity index (χ2v) is 7.05. The molecule has 0 radical (unpaired) electrons. The fourth-order valence-corrected chi connectivity index (χ4v) is 4.19. The standard InChI is InChI=1S/C20H23N3O2/c1-2-11-23-15-8-7-14(19(23)24)12-22(13-15)20(25)17-9-10-21-18-6-4-3-5-16(17)18/h3-6,9-10,14-15H,2,7-8,11-13H2,1H3/t14-,15+/m1/s1. The first-order valence-corrected chi connectivity index (χ1v) is 9.12. The zero-order chi connectivity index (χ0) is 17.4. The quantitative estimate of drug-likeness (QED) is 0.865. The lowest BCUT2D eigenvalue weighted by Gasteiger charge is -2.35. The third-order valence-corrected chi connectivity index (χ3v) is 5.42. The number of fused-ring (bicyclic) bond motifs is 5. The Kier molecular flexibility index (Phi) is 4.15. The number of carbonyl (C=O) groups is 2. The van der Waals surface area contributed by atoms with E-state index in [0.29, 0.717) is 18.7 Å². The summed E-state index contributed by atoms with van der Waals surface area (Å²) >= 11 is 0. The highest BCUT2D eigenvalue weighted by Gasteiger charge is 2.41. The summed E-state index contributed by atoms with van der Waals surface area (Å²) in [4.78, 5) is 34.2. The van der Waals surface area contributed by atoms with Gasteiger partial charge in [-0.2, -0.15) is 0 Å². The van der Waals surface area contributed by atoms with Gasteiger partial charge in [-0.25, -0.2) is 0 Å². The Balaban J connectivity index is 1.66. The molecule has 4 heterocycles. The fraction of sp³-hybridized carbons (Fsp3) is 0.450. The molecule has 130 valence electrons. The second-order valence-electron chi connectivity index (χ2n) is 7.05. The van der Waals surface area contributed by atoms with Gasteiger partial charge in [-0.05, 0) is 31.4 Å². The number of carbonyl (C=O) groups excluding carboxylic acids is 2. The van der Waals surface area contributed by atoms with Crippen LogP contribution in [0.15, 0.2) is 36.5 Å². The van der Waals surface area contributed by atoms with E-state index in [0.717, 1.165) is 36.7 Å². The molecule has 1 aromatic heterocycles. The number of nitrogens with zero attached hydrogens (tertiary/aromatic N) is 3. The highest BCUT2D eigenvalue weighted by atomic mass is 16.2. The number of piperidine rings is 1. The van der Waals surface area contributed by atoms with Gasteiger partial charge in [-0.1, -0.05) is 25.1 Å². The zero-order valence-corrected chi connectivity index (χ0v) is 14.5. The minimum absolute atomic E-state index is 0.0154. The maximum atomic E-state index is 13.2. The average molecular weight is 337 g/mol. The summed E-state index contributed by atoms with van der Waals surface area (Å²) in [6, 6.07) is 9.67. The van der Waals surface area contributed by atoms with Gasteiger partial charge in [-0.15, -0.1) is 0 Å². The molecular weight excluding hydrogens is 314 g/mol. The predicted octanol–water partition coefficient (Wildman–Crippen LogP) is 2.71. The number of benzene rings is 1. The number of rotatable bonds is 3. The maximum Gasteiger partial charge on any atom is 0.254 e. The van der Waals surface area contributed by atoms with E-state index in [1.807, 2.05) is 34.1 Å². The van der Waals surface area contributed by atoms with Crippen molar-refractivity contribution < 1.29 is 9.59 Å². The summed E-state index contributed by atoms with van der Waals surface area (Å²) in [5.41, 5.74) is 1.51. The molecule has 0 N–H and O–H groups in total. The lowest BCUT2D eigenvalue weighted by molar-refractivity contribution is -0.139. The minimum atomic E-state index is -0.0534. The van der Waals surface area contributed by atoms with Crippen LogP contribution in [0.1, 0.15) is 36.5 Å². The Morgan fingerprint density at radius 1 is 1.20 bits per heavy atom. The molecule has 0 saturated carbocycles. The van der Waals surface area contributed by atoms with Crippen molar-refractivity contribution in [3.63, 3.8) is 0 Å². The smallest absolute Gasteiger partial charge is 0.254 e. The van der Waals surface area contributed by atoms with E-state index in [-0.39, 0.29) is 23.8 Å². The predicted molar refractivity (Wildman–Crippen MR) is 96.2 cm³/mol. The van der Waals surface area contributed by atoms with Gasteiger partial charge in [0, 0.05) is 37.3 Å². The number of hydrogen-bond acceptors (Lipinski definition) is 3. The van der Waals surface area contributed by atoms with Gasteiger partial charge < -0.3 is 9.80 Å². The molecule has 3 saturated heterocycles. The summed E-state index contributed by atoms with van der Waals surface area (Å²) < 4.78 is 0. The Morgan fingerprint density at radius 2 is 2.04 bits per heavy atom. The maximum absolute atomic E-state index is 13.2. The van der Waals surface area contributed by atoms with Gasteiger partial charge in [0.25, 0.3) is 5.91 Å². The van der Waals surface area contributed by atoms with E-state index in [1.54, 1.807) is 12.3 Å². The first kappa shape index (κ1) is 16.1. The normalized spacial score (nSPS) is 23.2. The highest BCUT2D eigenvalue weighted by molar-refractivity contribution is 6.06. The van der Waals surface area contributed by atoms with E-state index < -0.39 is 0 Å². The number of hydrogen-bond donors (Lipinski definition) is 0. The van der Waals surface area contributed by atoms with E-state index in [9.17, 15) is 9.59 Å². The number of amides is 2. The van der Waals surface area contributed by atoms with Crippen LogP contribution in [0.5, 0.6) is 0 Å². The van der Waals surface area contributed by atoms with Gasteiger partial charge in [0.2, 0.25) is 5.91 Å². The monoisotopic (exact) mass is 337 g/mol. The zero-order valence-electron chi connectivity index (χ0n) is 14.5. The lowest BCUT2D eigenvalue weighted by Crippen LogP contribution is -2.48. The molecule has 5 rings (SSSR count). The van der Waals surface area contributed by atoms with E-state index >= 15 is 0 Å². The fourth-order valence-electron chi connectivity index (χ4n) is 4.19. The van der Waals surface area contributed by atoms with Crippen LogP contribution in [0.25, 0.3) is 10.9 Å². The molecule has 2 aromatic rings. The molecule has 0 aliphatic carbocycles. The molecule has 1 aromatic carbocycles. The van der Waals surface area contributed by atoms with Crippen molar-refractivity contribution in [2.45, 2.75) is 32.2 Å². The van der Waals surface area contributed by atoms with Gasteiger partial charge in [0.05, 0.1) is 17.0 Å². The van der Waals surface area contributed by atoms with Gasteiger partial charge in [0.15, 0.2) is 0 Å². The first-order chi connectivity index (χ1) is 12.2. The number of pyridine rings is 1. The Bertz CT molecular complexity index is 814. The summed E-state index contributed by atoms with van der Waals surface area (Å²) in [7, 11) is 0. The third-order valence-electron chi connectivity index (χ3n) is 5.42. The van der Waals surface area contributed by atoms with Crippen LogP contribution in [0, 0.1) is 5.92 Å². The van der Waals surface area contributed by atoms with Gasteiger partial charge >= 0.3 is 0 Å². The molecule has 25 heavy (non-hydrogen) atoms. The topological polar surface area (TPSA) is 53.5 Å². The van der Waals surface area contributed by atoms with Gasteiger partial charge in [-0.3, -0.25) is 14.6 Å². The average Bonchev–Trinajstić information content (AvgIpc) is 2.93. The summed E-state index contributed by atoms with van der Waals surface area (Å²) in [5, 5.41) is 0.878. The van der Waals surface area contributed by atoms with Crippen molar-refractivity contribution >= 4 is 22.7 Å². The molecule has 2 amide bonds. The summed E-state index contributed by atoms with van der Waals surface area (Å²) in [6.45, 7) is 4.06. The second kappa shape index (κ2) is 6.47. The van der Waals surface area contributed by atoms with E-state index in [1.165, 1.54) is 0 Å². The number of para-hydroxylation sites is 1. The van der Waals surface area contributed by atoms with Crippen molar-refractivity contribution in [2.75, 3.05) is 19.6 Å². The molecule has 2 atom stereocenters. The molecule has 0 unspecified atom stereocenters. The Labute approximate surface area is 147 Å². The Hall–Kier alpha value is -2.43. The van der Waals surface area contributed by atoms with E-state index in [2.05, 4.69) is 11.9 Å². The van der Waals surface area contributed by atoms with Crippen LogP contribution in [0.3, 0.4) is 0 Å². The highest BCUT2D eigenvalue weighted by Crippen LogP contribution is 2.30. The molecule has 3 fully saturated rings. The van der Waals surface area contributed by atoms with Crippen LogP contribution in [0.4, 0.5) is 0 Å². The van der Waals surface area contributed by atoms with Crippen LogP contribution in [-0.4, -0.2) is 52.3 Å².